The van der Waals surface area contributed by atoms with Gasteiger partial charge in [0, 0.05) is 18.9 Å². The maximum atomic E-state index is 10.7. The fourth-order valence-corrected chi connectivity index (χ4v) is 2.55. The second kappa shape index (κ2) is 7.68. The van der Waals surface area contributed by atoms with Crippen LogP contribution in [0.15, 0.2) is 24.3 Å². The third kappa shape index (κ3) is 4.38. The first-order valence-electron chi connectivity index (χ1n) is 8.45. The Morgan fingerprint density at radius 1 is 1.17 bits per heavy atom. The van der Waals surface area contributed by atoms with Crippen LogP contribution in [0.1, 0.15) is 34.1 Å². The molecule has 0 bridgehead atoms. The number of ether oxygens (including phenoxy) is 1. The molecule has 1 aliphatic heterocycles. The molecule has 0 aromatic heterocycles. The topological polar surface area (TPSA) is 56.8 Å². The van der Waals surface area contributed by atoms with Crippen molar-refractivity contribution in [3.05, 3.63) is 24.3 Å². The molecule has 1 unspecified atom stereocenters. The molecule has 0 spiro atoms. The van der Waals surface area contributed by atoms with Gasteiger partial charge >= 0.3 is 7.12 Å². The highest BCUT2D eigenvalue weighted by atomic mass is 16.7. The van der Waals surface area contributed by atoms with Crippen molar-refractivity contribution in [1.82, 2.24) is 5.32 Å². The molecule has 0 aliphatic carbocycles. The molecule has 0 radical (unpaired) electrons. The minimum Gasteiger partial charge on any atom is -0.493 e. The average molecular weight is 333 g/mol. The lowest BCUT2D eigenvalue weighted by molar-refractivity contribution is -0.108. The molecule has 1 heterocycles. The maximum absolute atomic E-state index is 10.7. The Morgan fingerprint density at radius 3 is 2.25 bits per heavy atom. The van der Waals surface area contributed by atoms with Crippen LogP contribution >= 0.6 is 0 Å². The van der Waals surface area contributed by atoms with E-state index < -0.39 is 0 Å². The summed E-state index contributed by atoms with van der Waals surface area (Å²) in [5, 5.41) is 3.08. The molecular weight excluding hydrogens is 305 g/mol. The quantitative estimate of drug-likeness (QED) is 0.581. The number of carbonyl (C=O) groups is 1. The van der Waals surface area contributed by atoms with Gasteiger partial charge in [-0.15, -0.1) is 0 Å². The Balaban J connectivity index is 1.95. The van der Waals surface area contributed by atoms with Crippen molar-refractivity contribution < 1.29 is 18.8 Å². The van der Waals surface area contributed by atoms with Crippen LogP contribution in [0.4, 0.5) is 0 Å². The van der Waals surface area contributed by atoms with Crippen LogP contribution in [-0.4, -0.2) is 44.8 Å². The zero-order valence-electron chi connectivity index (χ0n) is 15.3. The van der Waals surface area contributed by atoms with Gasteiger partial charge in [-0.05, 0) is 52.3 Å². The van der Waals surface area contributed by atoms with Crippen molar-refractivity contribution in [3.63, 3.8) is 0 Å². The Kier molecular flexibility index (Phi) is 6.07. The Labute approximate surface area is 145 Å². The summed E-state index contributed by atoms with van der Waals surface area (Å²) < 4.78 is 17.9. The van der Waals surface area contributed by atoms with E-state index in [2.05, 4.69) is 5.32 Å². The van der Waals surface area contributed by atoms with E-state index in [1.165, 1.54) is 0 Å². The molecule has 2 rings (SSSR count). The second-order valence-electron chi connectivity index (χ2n) is 7.29. The maximum Gasteiger partial charge on any atom is 0.494 e. The number of nitrogens with one attached hydrogen (secondary N) is 1. The zero-order chi connectivity index (χ0) is 17.8. The molecule has 1 aliphatic rings. The van der Waals surface area contributed by atoms with Gasteiger partial charge in [0.05, 0.1) is 17.8 Å². The minimum absolute atomic E-state index is 0.176. The first kappa shape index (κ1) is 19.0. The highest BCUT2D eigenvalue weighted by molar-refractivity contribution is 6.62. The van der Waals surface area contributed by atoms with E-state index in [1.54, 1.807) is 0 Å². The molecule has 1 saturated heterocycles. The van der Waals surface area contributed by atoms with Crippen LogP contribution in [0.25, 0.3) is 0 Å². The summed E-state index contributed by atoms with van der Waals surface area (Å²) in [5.74, 6) is 0.956. The summed E-state index contributed by atoms with van der Waals surface area (Å²) >= 11 is 0. The second-order valence-corrected chi connectivity index (χ2v) is 7.29. The smallest absolute Gasteiger partial charge is 0.493 e. The number of hydrogen-bond acceptors (Lipinski definition) is 5. The number of aldehydes is 1. The van der Waals surface area contributed by atoms with Crippen molar-refractivity contribution in [2.24, 2.45) is 5.92 Å². The lowest BCUT2D eigenvalue weighted by atomic mass is 9.79. The van der Waals surface area contributed by atoms with Gasteiger partial charge in [0.15, 0.2) is 0 Å². The fraction of sp³-hybridized carbons (Fsp3) is 0.611. The van der Waals surface area contributed by atoms with Gasteiger partial charge in [0.1, 0.15) is 12.0 Å². The highest BCUT2D eigenvalue weighted by Crippen LogP contribution is 2.36. The first-order chi connectivity index (χ1) is 11.3. The van der Waals surface area contributed by atoms with E-state index in [0.717, 1.165) is 24.0 Å². The van der Waals surface area contributed by atoms with Gasteiger partial charge in [0.25, 0.3) is 0 Å². The fourth-order valence-electron chi connectivity index (χ4n) is 2.55. The highest BCUT2D eigenvalue weighted by Gasteiger charge is 2.51. The molecule has 24 heavy (non-hydrogen) atoms. The number of benzene rings is 1. The predicted octanol–water partition coefficient (Wildman–Crippen LogP) is 1.79. The van der Waals surface area contributed by atoms with E-state index in [1.807, 2.05) is 59.0 Å². The van der Waals surface area contributed by atoms with Gasteiger partial charge in [-0.25, -0.2) is 0 Å². The summed E-state index contributed by atoms with van der Waals surface area (Å²) in [6, 6.07) is 7.75. The monoisotopic (exact) mass is 333 g/mol. The van der Waals surface area contributed by atoms with E-state index in [9.17, 15) is 4.79 Å². The van der Waals surface area contributed by atoms with E-state index in [0.29, 0.717) is 13.0 Å². The van der Waals surface area contributed by atoms with E-state index >= 15 is 0 Å². The summed E-state index contributed by atoms with van der Waals surface area (Å²) in [6.07, 6.45) is 1.43. The number of carbonyl (C=O) groups excluding carboxylic acids is 1. The van der Waals surface area contributed by atoms with Crippen LogP contribution in [0.3, 0.4) is 0 Å². The van der Waals surface area contributed by atoms with E-state index in [-0.39, 0.29) is 24.2 Å². The van der Waals surface area contributed by atoms with Crippen LogP contribution in [0.2, 0.25) is 0 Å². The molecule has 1 atom stereocenters. The normalized spacial score (nSPS) is 20.0. The third-order valence-electron chi connectivity index (χ3n) is 4.81. The van der Waals surface area contributed by atoms with E-state index in [4.69, 9.17) is 14.0 Å². The van der Waals surface area contributed by atoms with Crippen molar-refractivity contribution in [3.8, 4) is 5.75 Å². The van der Waals surface area contributed by atoms with Gasteiger partial charge in [-0.1, -0.05) is 12.1 Å². The molecule has 0 amide bonds. The van der Waals surface area contributed by atoms with Crippen LogP contribution < -0.4 is 15.5 Å². The molecule has 1 N–H and O–H groups in total. The van der Waals surface area contributed by atoms with Gasteiger partial charge in [0.2, 0.25) is 0 Å². The van der Waals surface area contributed by atoms with Crippen LogP contribution in [0.5, 0.6) is 5.75 Å². The molecule has 6 heteroatoms. The molecule has 1 fully saturated rings. The Hall–Kier alpha value is -1.37. The third-order valence-corrected chi connectivity index (χ3v) is 4.81. The zero-order valence-corrected chi connectivity index (χ0v) is 15.3. The lowest BCUT2D eigenvalue weighted by Crippen LogP contribution is -2.41. The van der Waals surface area contributed by atoms with Gasteiger partial charge in [-0.3, -0.25) is 0 Å². The first-order valence-corrected chi connectivity index (χ1v) is 8.45. The predicted molar refractivity (Wildman–Crippen MR) is 95.8 cm³/mol. The summed E-state index contributed by atoms with van der Waals surface area (Å²) in [6.45, 7) is 9.43. The van der Waals surface area contributed by atoms with Crippen molar-refractivity contribution in [2.45, 2.75) is 45.3 Å². The SMILES string of the molecule is CNCC(CC=O)COc1ccc(B2OC(C)(C)C(C)(C)O2)cc1. The van der Waals surface area contributed by atoms with Crippen molar-refractivity contribution >= 4 is 18.9 Å². The standard InChI is InChI=1S/C18H28BNO4/c1-17(2)18(3,4)24-19(23-17)15-6-8-16(9-7-15)22-13-14(10-11-21)12-20-5/h6-9,11,14,20H,10,12-13H2,1-5H3. The number of hydrogen-bond donors (Lipinski definition) is 1. The van der Waals surface area contributed by atoms with Crippen LogP contribution in [0, 0.1) is 5.92 Å². The summed E-state index contributed by atoms with van der Waals surface area (Å²) in [4.78, 5) is 10.7. The average Bonchev–Trinajstić information content (AvgIpc) is 2.74. The minimum atomic E-state index is -0.365. The molecule has 1 aromatic rings. The van der Waals surface area contributed by atoms with Crippen molar-refractivity contribution in [2.75, 3.05) is 20.2 Å². The largest absolute Gasteiger partial charge is 0.494 e. The van der Waals surface area contributed by atoms with Crippen molar-refractivity contribution in [1.29, 1.82) is 0 Å². The Morgan fingerprint density at radius 2 is 1.75 bits per heavy atom. The summed E-state index contributed by atoms with van der Waals surface area (Å²) in [5.41, 5.74) is 0.282. The van der Waals surface area contributed by atoms with Gasteiger partial charge in [-0.2, -0.15) is 0 Å². The summed E-state index contributed by atoms with van der Waals surface area (Å²) in [7, 11) is 1.51. The molecule has 132 valence electrons. The van der Waals surface area contributed by atoms with Crippen LogP contribution in [-0.2, 0) is 14.1 Å². The molecular formula is C18H28BNO4. The molecule has 0 saturated carbocycles. The molecule has 1 aromatic carbocycles. The number of rotatable bonds is 8. The Bertz CT molecular complexity index is 528. The van der Waals surface area contributed by atoms with Gasteiger partial charge < -0.3 is 24.2 Å². The lowest BCUT2D eigenvalue weighted by Gasteiger charge is -2.32. The molecule has 5 nitrogen and oxygen atoms in total.